The normalized spacial score (nSPS) is 12.7. The zero-order valence-electron chi connectivity index (χ0n) is 17.6. The van der Waals surface area contributed by atoms with Crippen LogP contribution in [0.5, 0.6) is 5.75 Å². The molecule has 0 aliphatic heterocycles. The average molecular weight is 400 g/mol. The first-order chi connectivity index (χ1) is 14.1. The van der Waals surface area contributed by atoms with E-state index in [9.17, 15) is 5.11 Å². The number of rotatable bonds is 11. The second-order valence-corrected chi connectivity index (χ2v) is 6.94. The molecule has 0 aliphatic rings. The molecule has 0 amide bonds. The lowest BCUT2D eigenvalue weighted by molar-refractivity contribution is 0.125. The Morgan fingerprint density at radius 1 is 1.03 bits per heavy atom. The van der Waals surface area contributed by atoms with Crippen molar-refractivity contribution in [2.75, 3.05) is 26.2 Å². The van der Waals surface area contributed by atoms with Crippen LogP contribution in [0.1, 0.15) is 38.0 Å². The van der Waals surface area contributed by atoms with Gasteiger partial charge in [0.25, 0.3) is 0 Å². The average Bonchev–Trinajstić information content (AvgIpc) is 2.72. The van der Waals surface area contributed by atoms with E-state index in [0.717, 1.165) is 23.4 Å². The number of ether oxygens (including phenoxy) is 2. The van der Waals surface area contributed by atoms with Crippen LogP contribution in [0.15, 0.2) is 59.6 Å². The largest absolute Gasteiger partial charge is 0.491 e. The van der Waals surface area contributed by atoms with E-state index in [0.29, 0.717) is 25.7 Å². The maximum atomic E-state index is 10.4. The molecule has 0 saturated carbocycles. The number of hydrogen-bond donors (Lipinski definition) is 3. The van der Waals surface area contributed by atoms with E-state index in [1.807, 2.05) is 75.4 Å². The van der Waals surface area contributed by atoms with Crippen molar-refractivity contribution in [1.82, 2.24) is 10.6 Å². The van der Waals surface area contributed by atoms with Crippen LogP contribution in [0, 0.1) is 0 Å². The molecule has 0 fully saturated rings. The number of nitrogens with one attached hydrogen (secondary N) is 2. The summed E-state index contributed by atoms with van der Waals surface area (Å²) < 4.78 is 11.3. The van der Waals surface area contributed by atoms with E-state index in [4.69, 9.17) is 9.47 Å². The highest BCUT2D eigenvalue weighted by Crippen LogP contribution is 2.19. The highest BCUT2D eigenvalue weighted by atomic mass is 16.5. The molecule has 0 aromatic heterocycles. The first-order valence-corrected chi connectivity index (χ1v) is 10.2. The van der Waals surface area contributed by atoms with Crippen molar-refractivity contribution >= 4 is 5.96 Å². The maximum absolute atomic E-state index is 10.4. The Morgan fingerprint density at radius 3 is 2.41 bits per heavy atom. The van der Waals surface area contributed by atoms with Crippen LogP contribution in [-0.2, 0) is 11.3 Å². The van der Waals surface area contributed by atoms with Crippen molar-refractivity contribution in [1.29, 1.82) is 0 Å². The van der Waals surface area contributed by atoms with Crippen LogP contribution in [0.4, 0.5) is 0 Å². The predicted octanol–water partition coefficient (Wildman–Crippen LogP) is 3.28. The SMILES string of the molecule is CCNC(=NCC(O)c1ccc(OC(C)C)cc1)NCCOCc1ccccc1. The molecule has 0 saturated heterocycles. The van der Waals surface area contributed by atoms with E-state index < -0.39 is 6.10 Å². The van der Waals surface area contributed by atoms with Gasteiger partial charge in [-0.05, 0) is 44.0 Å². The molecule has 1 unspecified atom stereocenters. The summed E-state index contributed by atoms with van der Waals surface area (Å²) in [5.74, 6) is 1.46. The third kappa shape index (κ3) is 8.98. The molecule has 0 heterocycles. The van der Waals surface area contributed by atoms with Gasteiger partial charge >= 0.3 is 0 Å². The molecule has 0 aliphatic carbocycles. The zero-order valence-corrected chi connectivity index (χ0v) is 17.6. The van der Waals surface area contributed by atoms with Gasteiger partial charge in [0, 0.05) is 13.1 Å². The number of hydrogen-bond acceptors (Lipinski definition) is 4. The molecule has 2 aromatic carbocycles. The fraction of sp³-hybridized carbons (Fsp3) is 0.435. The minimum atomic E-state index is -0.673. The maximum Gasteiger partial charge on any atom is 0.191 e. The number of benzene rings is 2. The fourth-order valence-corrected chi connectivity index (χ4v) is 2.67. The van der Waals surface area contributed by atoms with Crippen LogP contribution >= 0.6 is 0 Å². The summed E-state index contributed by atoms with van der Waals surface area (Å²) in [4.78, 5) is 4.47. The molecular formula is C23H33N3O3. The van der Waals surface area contributed by atoms with Gasteiger partial charge < -0.3 is 25.2 Å². The molecule has 1 atom stereocenters. The Bertz CT molecular complexity index is 718. The highest BCUT2D eigenvalue weighted by molar-refractivity contribution is 5.79. The van der Waals surface area contributed by atoms with E-state index >= 15 is 0 Å². The molecule has 158 valence electrons. The quantitative estimate of drug-likeness (QED) is 0.307. The lowest BCUT2D eigenvalue weighted by Gasteiger charge is -2.14. The van der Waals surface area contributed by atoms with Gasteiger partial charge in [-0.1, -0.05) is 42.5 Å². The first-order valence-electron chi connectivity index (χ1n) is 10.2. The van der Waals surface area contributed by atoms with E-state index in [2.05, 4.69) is 15.6 Å². The van der Waals surface area contributed by atoms with E-state index in [1.165, 1.54) is 0 Å². The summed E-state index contributed by atoms with van der Waals surface area (Å²) in [6.45, 7) is 8.78. The molecule has 6 heteroatoms. The Labute approximate surface area is 174 Å². The van der Waals surface area contributed by atoms with Crippen molar-refractivity contribution in [2.45, 2.75) is 39.6 Å². The molecule has 3 N–H and O–H groups in total. The van der Waals surface area contributed by atoms with Gasteiger partial charge in [0.05, 0.1) is 32.0 Å². The van der Waals surface area contributed by atoms with Crippen molar-refractivity contribution < 1.29 is 14.6 Å². The third-order valence-corrected chi connectivity index (χ3v) is 4.05. The Balaban J connectivity index is 1.76. The van der Waals surface area contributed by atoms with Gasteiger partial charge in [-0.15, -0.1) is 0 Å². The smallest absolute Gasteiger partial charge is 0.191 e. The zero-order chi connectivity index (χ0) is 20.9. The number of aliphatic imine (C=N–C) groups is 1. The van der Waals surface area contributed by atoms with Crippen molar-refractivity contribution in [3.63, 3.8) is 0 Å². The molecule has 6 nitrogen and oxygen atoms in total. The first kappa shape index (κ1) is 22.7. The topological polar surface area (TPSA) is 75.1 Å². The molecule has 0 spiro atoms. The summed E-state index contributed by atoms with van der Waals surface area (Å²) in [6, 6.07) is 17.6. The second kappa shape index (κ2) is 12.8. The van der Waals surface area contributed by atoms with Crippen LogP contribution < -0.4 is 15.4 Å². The summed E-state index contributed by atoms with van der Waals surface area (Å²) in [6.07, 6.45) is -0.548. The molecule has 2 rings (SSSR count). The summed E-state index contributed by atoms with van der Waals surface area (Å²) in [5.41, 5.74) is 1.97. The standard InChI is InChI=1S/C23H33N3O3/c1-4-24-23(25-14-15-28-17-19-8-6-5-7-9-19)26-16-22(27)20-10-12-21(13-11-20)29-18(2)3/h5-13,18,22,27H,4,14-17H2,1-3H3,(H2,24,25,26). The predicted molar refractivity (Wildman–Crippen MR) is 117 cm³/mol. The van der Waals surface area contributed by atoms with E-state index in [1.54, 1.807) is 0 Å². The number of aliphatic hydroxyl groups excluding tert-OH is 1. The van der Waals surface area contributed by atoms with Crippen molar-refractivity contribution in [2.24, 2.45) is 4.99 Å². The van der Waals surface area contributed by atoms with Crippen LogP contribution in [0.3, 0.4) is 0 Å². The molecule has 0 bridgehead atoms. The molecule has 29 heavy (non-hydrogen) atoms. The Kier molecular flexibility index (Phi) is 10.0. The van der Waals surface area contributed by atoms with Crippen LogP contribution in [-0.4, -0.2) is 43.4 Å². The second-order valence-electron chi connectivity index (χ2n) is 6.94. The van der Waals surface area contributed by atoms with Gasteiger partial charge in [0.2, 0.25) is 0 Å². The van der Waals surface area contributed by atoms with Gasteiger partial charge in [0.15, 0.2) is 5.96 Å². The van der Waals surface area contributed by atoms with Gasteiger partial charge in [-0.3, -0.25) is 4.99 Å². The molecule has 0 radical (unpaired) electrons. The number of aliphatic hydroxyl groups is 1. The van der Waals surface area contributed by atoms with Gasteiger partial charge in [0.1, 0.15) is 5.75 Å². The lowest BCUT2D eigenvalue weighted by atomic mass is 10.1. The Hall–Kier alpha value is -2.57. The lowest BCUT2D eigenvalue weighted by Crippen LogP contribution is -2.39. The number of nitrogens with zero attached hydrogens (tertiary/aromatic N) is 1. The van der Waals surface area contributed by atoms with Crippen molar-refractivity contribution in [3.8, 4) is 5.75 Å². The van der Waals surface area contributed by atoms with E-state index in [-0.39, 0.29) is 12.6 Å². The molecule has 2 aromatic rings. The van der Waals surface area contributed by atoms with Crippen LogP contribution in [0.2, 0.25) is 0 Å². The fourth-order valence-electron chi connectivity index (χ4n) is 2.67. The minimum Gasteiger partial charge on any atom is -0.491 e. The number of guanidine groups is 1. The van der Waals surface area contributed by atoms with Gasteiger partial charge in [-0.2, -0.15) is 0 Å². The minimum absolute atomic E-state index is 0.126. The summed E-state index contributed by atoms with van der Waals surface area (Å²) in [5, 5.41) is 16.8. The summed E-state index contributed by atoms with van der Waals surface area (Å²) in [7, 11) is 0. The van der Waals surface area contributed by atoms with Crippen molar-refractivity contribution in [3.05, 3.63) is 65.7 Å². The van der Waals surface area contributed by atoms with Gasteiger partial charge in [-0.25, -0.2) is 0 Å². The monoisotopic (exact) mass is 399 g/mol. The third-order valence-electron chi connectivity index (χ3n) is 4.05. The summed E-state index contributed by atoms with van der Waals surface area (Å²) >= 11 is 0. The van der Waals surface area contributed by atoms with Crippen LogP contribution in [0.25, 0.3) is 0 Å². The molecular weight excluding hydrogens is 366 g/mol. The highest BCUT2D eigenvalue weighted by Gasteiger charge is 2.08. The Morgan fingerprint density at radius 2 is 1.76 bits per heavy atom.